The van der Waals surface area contributed by atoms with Gasteiger partial charge in [0.05, 0.1) is 16.9 Å². The Bertz CT molecular complexity index is 2490. The van der Waals surface area contributed by atoms with Gasteiger partial charge in [-0.1, -0.05) is 147 Å². The molecule has 0 amide bonds. The van der Waals surface area contributed by atoms with Crippen LogP contribution in [0, 0.1) is 0 Å². The highest BCUT2D eigenvalue weighted by atomic mass is 14.9. The van der Waals surface area contributed by atoms with Crippen LogP contribution in [-0.4, -0.2) is 15.0 Å². The van der Waals surface area contributed by atoms with Gasteiger partial charge in [0.25, 0.3) is 0 Å². The third kappa shape index (κ3) is 4.31. The molecule has 0 N–H and O–H groups in total. The van der Waals surface area contributed by atoms with E-state index in [4.69, 9.17) is 15.0 Å². The number of pyridine rings is 1. The molecule has 9 rings (SSSR count). The number of rotatable bonds is 4. The third-order valence-corrected chi connectivity index (χ3v) is 9.76. The van der Waals surface area contributed by atoms with Crippen molar-refractivity contribution in [3.05, 3.63) is 163 Å². The summed E-state index contributed by atoms with van der Waals surface area (Å²) in [4.78, 5) is 15.1. The van der Waals surface area contributed by atoms with Gasteiger partial charge in [-0.2, -0.15) is 0 Å². The topological polar surface area (TPSA) is 38.7 Å². The van der Waals surface area contributed by atoms with Crippen molar-refractivity contribution >= 4 is 21.7 Å². The molecule has 222 valence electrons. The van der Waals surface area contributed by atoms with Crippen molar-refractivity contribution in [3.63, 3.8) is 0 Å². The predicted octanol–water partition coefficient (Wildman–Crippen LogP) is 11.2. The molecule has 47 heavy (non-hydrogen) atoms. The zero-order valence-corrected chi connectivity index (χ0v) is 26.3. The fraction of sp³-hybridized carbons (Fsp3) is 0.0682. The van der Waals surface area contributed by atoms with Gasteiger partial charge >= 0.3 is 0 Å². The molecule has 6 aromatic carbocycles. The van der Waals surface area contributed by atoms with Crippen molar-refractivity contribution in [2.24, 2.45) is 0 Å². The average Bonchev–Trinajstić information content (AvgIpc) is 3.37. The first-order valence-electron chi connectivity index (χ1n) is 16.1. The van der Waals surface area contributed by atoms with Crippen molar-refractivity contribution < 1.29 is 0 Å². The molecular formula is C44H31N3. The Hall–Kier alpha value is -5.93. The molecule has 1 aliphatic rings. The number of benzene rings is 6. The molecule has 0 fully saturated rings. The van der Waals surface area contributed by atoms with Crippen LogP contribution < -0.4 is 0 Å². The molecule has 3 heteroatoms. The second-order valence-electron chi connectivity index (χ2n) is 12.8. The number of aromatic nitrogens is 3. The zero-order valence-electron chi connectivity index (χ0n) is 26.3. The van der Waals surface area contributed by atoms with Gasteiger partial charge in [-0.3, -0.25) is 4.98 Å². The normalized spacial score (nSPS) is 13.1. The molecule has 0 aliphatic heterocycles. The van der Waals surface area contributed by atoms with E-state index < -0.39 is 0 Å². The van der Waals surface area contributed by atoms with Gasteiger partial charge in [0, 0.05) is 33.7 Å². The maximum absolute atomic E-state index is 5.21. The van der Waals surface area contributed by atoms with Crippen LogP contribution in [0.3, 0.4) is 0 Å². The van der Waals surface area contributed by atoms with Crippen molar-refractivity contribution in [3.8, 4) is 56.2 Å². The summed E-state index contributed by atoms with van der Waals surface area (Å²) < 4.78 is 0. The quantitative estimate of drug-likeness (QED) is 0.201. The monoisotopic (exact) mass is 601 g/mol. The number of para-hydroxylation sites is 1. The lowest BCUT2D eigenvalue weighted by molar-refractivity contribution is 0.660. The minimum atomic E-state index is -0.0562. The average molecular weight is 602 g/mol. The first kappa shape index (κ1) is 27.4. The fourth-order valence-corrected chi connectivity index (χ4v) is 7.49. The summed E-state index contributed by atoms with van der Waals surface area (Å²) >= 11 is 0. The van der Waals surface area contributed by atoms with E-state index in [1.165, 1.54) is 38.8 Å². The Kier molecular flexibility index (Phi) is 6.16. The number of fused-ring (bicyclic) bond motifs is 5. The Balaban J connectivity index is 1.28. The van der Waals surface area contributed by atoms with E-state index in [0.717, 1.165) is 44.4 Å². The van der Waals surface area contributed by atoms with Crippen molar-refractivity contribution in [2.45, 2.75) is 19.3 Å². The van der Waals surface area contributed by atoms with Gasteiger partial charge in [0.15, 0.2) is 5.82 Å². The lowest BCUT2D eigenvalue weighted by atomic mass is 9.81. The van der Waals surface area contributed by atoms with Crippen LogP contribution in [0.2, 0.25) is 0 Å². The van der Waals surface area contributed by atoms with E-state index in [1.54, 1.807) is 0 Å². The molecule has 0 saturated heterocycles. The molecular weight excluding hydrogens is 571 g/mol. The second-order valence-corrected chi connectivity index (χ2v) is 12.8. The van der Waals surface area contributed by atoms with Gasteiger partial charge in [-0.05, 0) is 56.3 Å². The Morgan fingerprint density at radius 2 is 1.09 bits per heavy atom. The largest absolute Gasteiger partial charge is 0.256 e. The summed E-state index contributed by atoms with van der Waals surface area (Å²) in [5.41, 5.74) is 13.6. The van der Waals surface area contributed by atoms with Gasteiger partial charge in [0.1, 0.15) is 0 Å². The SMILES string of the molecule is CC1(C)c2ccccc2-c2c(-c3ccc(-c4cc(-c5cccc6cccnc56)nc(-c5ccccc5)n4)c4ccccc34)cccc21. The predicted molar refractivity (Wildman–Crippen MR) is 194 cm³/mol. The van der Waals surface area contributed by atoms with E-state index >= 15 is 0 Å². The van der Waals surface area contributed by atoms with Crippen LogP contribution in [0.25, 0.3) is 77.8 Å². The standard InChI is InChI=1S/C44H31N3/c1-44(2)37-22-9-8-19-35(37)41-34(20-11-23-38(41)44)32-24-25-33(31-18-7-6-17-30(31)32)39-27-40(47-43(46-39)29-13-4-3-5-14-29)36-21-10-15-28-16-12-26-45-42(28)36/h3-27H,1-2H3. The fourth-order valence-electron chi connectivity index (χ4n) is 7.49. The highest BCUT2D eigenvalue weighted by Crippen LogP contribution is 2.52. The Morgan fingerprint density at radius 3 is 1.94 bits per heavy atom. The summed E-state index contributed by atoms with van der Waals surface area (Å²) in [5, 5.41) is 3.45. The molecule has 0 radical (unpaired) electrons. The van der Waals surface area contributed by atoms with E-state index in [0.29, 0.717) is 5.82 Å². The van der Waals surface area contributed by atoms with Gasteiger partial charge < -0.3 is 0 Å². The Morgan fingerprint density at radius 1 is 0.468 bits per heavy atom. The molecule has 2 aromatic heterocycles. The highest BCUT2D eigenvalue weighted by molar-refractivity contribution is 6.08. The van der Waals surface area contributed by atoms with Crippen LogP contribution in [0.1, 0.15) is 25.0 Å². The van der Waals surface area contributed by atoms with Gasteiger partial charge in [-0.15, -0.1) is 0 Å². The molecule has 0 saturated carbocycles. The van der Waals surface area contributed by atoms with Crippen LogP contribution in [0.5, 0.6) is 0 Å². The van der Waals surface area contributed by atoms with E-state index in [-0.39, 0.29) is 5.41 Å². The summed E-state index contributed by atoms with van der Waals surface area (Å²) in [6.45, 7) is 4.68. The van der Waals surface area contributed by atoms with Crippen molar-refractivity contribution in [2.75, 3.05) is 0 Å². The molecule has 1 aliphatic carbocycles. The molecule has 2 heterocycles. The molecule has 3 nitrogen and oxygen atoms in total. The lowest BCUT2D eigenvalue weighted by Gasteiger charge is -2.22. The summed E-state index contributed by atoms with van der Waals surface area (Å²) in [6.07, 6.45) is 1.85. The van der Waals surface area contributed by atoms with Crippen LogP contribution in [-0.2, 0) is 5.41 Å². The number of hydrogen-bond donors (Lipinski definition) is 0. The minimum Gasteiger partial charge on any atom is -0.256 e. The summed E-state index contributed by atoms with van der Waals surface area (Å²) in [6, 6.07) is 51.6. The smallest absolute Gasteiger partial charge is 0.160 e. The van der Waals surface area contributed by atoms with Crippen LogP contribution in [0.15, 0.2) is 152 Å². The second kappa shape index (κ2) is 10.6. The molecule has 0 atom stereocenters. The zero-order chi connectivity index (χ0) is 31.5. The number of nitrogens with zero attached hydrogens (tertiary/aromatic N) is 3. The Labute approximate surface area is 274 Å². The number of hydrogen-bond acceptors (Lipinski definition) is 3. The first-order valence-corrected chi connectivity index (χ1v) is 16.1. The third-order valence-electron chi connectivity index (χ3n) is 9.76. The molecule has 0 unspecified atom stereocenters. The molecule has 8 aromatic rings. The maximum Gasteiger partial charge on any atom is 0.160 e. The summed E-state index contributed by atoms with van der Waals surface area (Å²) in [7, 11) is 0. The minimum absolute atomic E-state index is 0.0562. The lowest BCUT2D eigenvalue weighted by Crippen LogP contribution is -2.14. The van der Waals surface area contributed by atoms with E-state index in [1.807, 2.05) is 30.5 Å². The van der Waals surface area contributed by atoms with Crippen LogP contribution >= 0.6 is 0 Å². The van der Waals surface area contributed by atoms with E-state index in [2.05, 4.69) is 135 Å². The first-order chi connectivity index (χ1) is 23.1. The molecule has 0 bridgehead atoms. The van der Waals surface area contributed by atoms with Gasteiger partial charge in [0.2, 0.25) is 0 Å². The van der Waals surface area contributed by atoms with Gasteiger partial charge in [-0.25, -0.2) is 9.97 Å². The van der Waals surface area contributed by atoms with Crippen LogP contribution in [0.4, 0.5) is 0 Å². The highest BCUT2D eigenvalue weighted by Gasteiger charge is 2.36. The van der Waals surface area contributed by atoms with Crippen molar-refractivity contribution in [1.82, 2.24) is 15.0 Å². The maximum atomic E-state index is 5.21. The molecule has 0 spiro atoms. The van der Waals surface area contributed by atoms with Crippen molar-refractivity contribution in [1.29, 1.82) is 0 Å². The summed E-state index contributed by atoms with van der Waals surface area (Å²) in [5.74, 6) is 0.693. The van der Waals surface area contributed by atoms with E-state index in [9.17, 15) is 0 Å².